The van der Waals surface area contributed by atoms with Gasteiger partial charge in [-0.1, -0.05) is 53.9 Å². The lowest BCUT2D eigenvalue weighted by Crippen LogP contribution is -2.54. The molecule has 0 unspecified atom stereocenters. The van der Waals surface area contributed by atoms with Crippen LogP contribution in [0.2, 0.25) is 0 Å². The van der Waals surface area contributed by atoms with Gasteiger partial charge in [0.1, 0.15) is 17.6 Å². The van der Waals surface area contributed by atoms with E-state index in [1.54, 1.807) is 26.0 Å². The Labute approximate surface area is 254 Å². The van der Waals surface area contributed by atoms with Crippen LogP contribution >= 0.6 is 0 Å². The number of amides is 4. The maximum atomic E-state index is 13.0. The number of hydrogen-bond acceptors (Lipinski definition) is 8. The van der Waals surface area contributed by atoms with Crippen LogP contribution in [0.1, 0.15) is 96.8 Å². The molecule has 0 aromatic carbocycles. The van der Waals surface area contributed by atoms with Crippen molar-refractivity contribution in [2.24, 2.45) is 11.3 Å². The quantitative estimate of drug-likeness (QED) is 0.150. The van der Waals surface area contributed by atoms with Gasteiger partial charge in [0.2, 0.25) is 17.6 Å². The second kappa shape index (κ2) is 16.7. The van der Waals surface area contributed by atoms with Crippen molar-refractivity contribution < 1.29 is 28.8 Å². The number of carbonyl (C=O) groups is 6. The Kier molecular flexibility index (Phi) is 13.7. The van der Waals surface area contributed by atoms with Gasteiger partial charge in [0, 0.05) is 25.2 Å². The van der Waals surface area contributed by atoms with Gasteiger partial charge in [-0.05, 0) is 49.7 Å². The molecule has 1 aromatic heterocycles. The first-order valence-electron chi connectivity index (χ1n) is 15.1. The molecule has 0 bridgehead atoms. The summed E-state index contributed by atoms with van der Waals surface area (Å²) in [5.41, 5.74) is -0.356. The lowest BCUT2D eigenvalue weighted by molar-refractivity contribution is -0.141. The van der Waals surface area contributed by atoms with E-state index in [0.29, 0.717) is 12.2 Å². The molecule has 1 aliphatic rings. The van der Waals surface area contributed by atoms with Crippen molar-refractivity contribution in [3.8, 4) is 0 Å². The van der Waals surface area contributed by atoms with E-state index in [1.165, 1.54) is 13.1 Å². The third kappa shape index (κ3) is 12.1. The van der Waals surface area contributed by atoms with Gasteiger partial charge in [0.25, 0.3) is 11.8 Å². The zero-order valence-corrected chi connectivity index (χ0v) is 26.3. The van der Waals surface area contributed by atoms with Gasteiger partial charge < -0.3 is 26.6 Å². The fourth-order valence-electron chi connectivity index (χ4n) is 4.73. The van der Waals surface area contributed by atoms with Gasteiger partial charge in [-0.25, -0.2) is 4.98 Å². The minimum absolute atomic E-state index is 0.00263. The monoisotopic (exact) mass is 600 g/mol. The molecular formula is C31H48N6O6. The molecule has 5 N–H and O–H groups in total. The summed E-state index contributed by atoms with van der Waals surface area (Å²) in [6, 6.07) is 1.33. The maximum absolute atomic E-state index is 13.0. The van der Waals surface area contributed by atoms with Gasteiger partial charge in [-0.2, -0.15) is 0 Å². The Morgan fingerprint density at radius 2 is 1.65 bits per heavy atom. The predicted octanol–water partition coefficient (Wildman–Crippen LogP) is 2.28. The molecule has 1 aromatic rings. The highest BCUT2D eigenvalue weighted by Crippen LogP contribution is 2.20. The molecule has 0 radical (unpaired) electrons. The molecule has 12 nitrogen and oxygen atoms in total. The summed E-state index contributed by atoms with van der Waals surface area (Å²) < 4.78 is 0. The Bertz CT molecular complexity index is 1140. The highest BCUT2D eigenvalue weighted by Gasteiger charge is 2.33. The SMILES string of the molecule is CC(=O)CNc1ccc(C(=O)N[C@H](C(=O)NCCCC(=O)N[C@H](C(=O)C(=O)NC2CCCCC2)C(C)C)C(C)(C)C)cn1. The first-order chi connectivity index (χ1) is 20.2. The normalized spacial score (nSPS) is 15.1. The number of carbonyl (C=O) groups excluding carboxylic acids is 6. The Morgan fingerprint density at radius 3 is 2.21 bits per heavy atom. The Hall–Kier alpha value is -3.83. The van der Waals surface area contributed by atoms with Crippen LogP contribution in [-0.4, -0.2) is 71.4 Å². The summed E-state index contributed by atoms with van der Waals surface area (Å²) in [6.07, 6.45) is 6.60. The number of aromatic nitrogens is 1. The van der Waals surface area contributed by atoms with Crippen LogP contribution in [0, 0.1) is 11.3 Å². The van der Waals surface area contributed by atoms with Crippen molar-refractivity contribution in [3.63, 3.8) is 0 Å². The predicted molar refractivity (Wildman–Crippen MR) is 163 cm³/mol. The highest BCUT2D eigenvalue weighted by atomic mass is 16.2. The maximum Gasteiger partial charge on any atom is 0.289 e. The van der Waals surface area contributed by atoms with Crippen molar-refractivity contribution in [1.29, 1.82) is 0 Å². The summed E-state index contributed by atoms with van der Waals surface area (Å²) in [4.78, 5) is 79.1. The summed E-state index contributed by atoms with van der Waals surface area (Å²) >= 11 is 0. The molecule has 0 saturated heterocycles. The van der Waals surface area contributed by atoms with E-state index in [-0.39, 0.29) is 48.7 Å². The zero-order chi connectivity index (χ0) is 32.2. The van der Waals surface area contributed by atoms with E-state index >= 15 is 0 Å². The number of ketones is 2. The van der Waals surface area contributed by atoms with Crippen molar-refractivity contribution in [1.82, 2.24) is 26.3 Å². The van der Waals surface area contributed by atoms with Crippen molar-refractivity contribution in [2.45, 2.75) is 105 Å². The second-order valence-electron chi connectivity index (χ2n) is 12.6. The van der Waals surface area contributed by atoms with Crippen LogP contribution in [0.5, 0.6) is 0 Å². The topological polar surface area (TPSA) is 175 Å². The van der Waals surface area contributed by atoms with Gasteiger partial charge in [-0.15, -0.1) is 0 Å². The number of rotatable bonds is 15. The van der Waals surface area contributed by atoms with Crippen molar-refractivity contribution in [2.75, 3.05) is 18.4 Å². The summed E-state index contributed by atoms with van der Waals surface area (Å²) in [7, 11) is 0. The molecule has 1 heterocycles. The Morgan fingerprint density at radius 1 is 0.977 bits per heavy atom. The van der Waals surface area contributed by atoms with Crippen molar-refractivity contribution in [3.05, 3.63) is 23.9 Å². The van der Waals surface area contributed by atoms with Crippen LogP contribution in [0.3, 0.4) is 0 Å². The number of hydrogen-bond donors (Lipinski definition) is 5. The largest absolute Gasteiger partial charge is 0.363 e. The third-order valence-electron chi connectivity index (χ3n) is 7.26. The average molecular weight is 601 g/mol. The van der Waals surface area contributed by atoms with E-state index in [9.17, 15) is 28.8 Å². The van der Waals surface area contributed by atoms with E-state index in [1.807, 2.05) is 20.8 Å². The summed E-state index contributed by atoms with van der Waals surface area (Å²) in [5.74, 6) is -2.44. The average Bonchev–Trinajstić information content (AvgIpc) is 2.95. The van der Waals surface area contributed by atoms with Crippen LogP contribution in [0.25, 0.3) is 0 Å². The van der Waals surface area contributed by atoms with E-state index in [4.69, 9.17) is 0 Å². The van der Waals surface area contributed by atoms with E-state index in [2.05, 4.69) is 31.6 Å². The molecule has 1 saturated carbocycles. The molecule has 12 heteroatoms. The zero-order valence-electron chi connectivity index (χ0n) is 26.3. The van der Waals surface area contributed by atoms with Crippen LogP contribution in [-0.2, 0) is 24.0 Å². The molecule has 0 aliphatic heterocycles. The van der Waals surface area contributed by atoms with Crippen molar-refractivity contribution >= 4 is 41.0 Å². The van der Waals surface area contributed by atoms with Gasteiger partial charge in [-0.3, -0.25) is 28.8 Å². The molecule has 1 aliphatic carbocycles. The van der Waals surface area contributed by atoms with E-state index < -0.39 is 41.0 Å². The molecule has 2 rings (SSSR count). The first-order valence-corrected chi connectivity index (χ1v) is 15.1. The smallest absolute Gasteiger partial charge is 0.289 e. The second-order valence-corrected chi connectivity index (χ2v) is 12.6. The highest BCUT2D eigenvalue weighted by molar-refractivity contribution is 6.38. The number of Topliss-reactive ketones (excluding diaryl/α,β-unsaturated/α-hetero) is 2. The molecule has 43 heavy (non-hydrogen) atoms. The standard InChI is InChI=1S/C31H48N6O6/c1-19(2)25(26(40)29(42)35-22-11-8-7-9-12-22)36-24(39)13-10-16-32-30(43)27(31(4,5)6)37-28(41)21-14-15-23(34-18-21)33-17-20(3)38/h14-15,18-19,22,25,27H,7-13,16-17H2,1-6H3,(H,32,43)(H,33,34)(H,35,42)(H,36,39)(H,37,41)/t25-,27+/m0/s1. The van der Waals surface area contributed by atoms with Gasteiger partial charge >= 0.3 is 0 Å². The minimum atomic E-state index is -0.931. The summed E-state index contributed by atoms with van der Waals surface area (Å²) in [6.45, 7) is 10.8. The van der Waals surface area contributed by atoms with Crippen LogP contribution in [0.15, 0.2) is 18.3 Å². The fraction of sp³-hybridized carbons (Fsp3) is 0.645. The number of nitrogens with one attached hydrogen (secondary N) is 5. The molecular weight excluding hydrogens is 552 g/mol. The van der Waals surface area contributed by atoms with Crippen LogP contribution in [0.4, 0.5) is 5.82 Å². The number of anilines is 1. The third-order valence-corrected chi connectivity index (χ3v) is 7.26. The lowest BCUT2D eigenvalue weighted by atomic mass is 9.86. The molecule has 1 fully saturated rings. The fourth-order valence-corrected chi connectivity index (χ4v) is 4.73. The van der Waals surface area contributed by atoms with E-state index in [0.717, 1.165) is 32.1 Å². The number of nitrogens with zero attached hydrogens (tertiary/aromatic N) is 1. The molecule has 0 spiro atoms. The molecule has 238 valence electrons. The Balaban J connectivity index is 1.85. The molecule has 2 atom stereocenters. The lowest BCUT2D eigenvalue weighted by Gasteiger charge is -2.30. The van der Waals surface area contributed by atoms with Gasteiger partial charge in [0.15, 0.2) is 0 Å². The summed E-state index contributed by atoms with van der Waals surface area (Å²) in [5, 5.41) is 13.9. The molecule has 4 amide bonds. The number of pyridine rings is 1. The van der Waals surface area contributed by atoms with Gasteiger partial charge in [0.05, 0.1) is 18.2 Å². The minimum Gasteiger partial charge on any atom is -0.363 e. The van der Waals surface area contributed by atoms with Crippen LogP contribution < -0.4 is 26.6 Å². The first kappa shape index (κ1) is 35.4.